The second kappa shape index (κ2) is 4.35. The van der Waals surface area contributed by atoms with E-state index in [-0.39, 0.29) is 6.04 Å². The van der Waals surface area contributed by atoms with Gasteiger partial charge in [-0.05, 0) is 13.3 Å². The van der Waals surface area contributed by atoms with Crippen molar-refractivity contribution in [3.8, 4) is 0 Å². The van der Waals surface area contributed by atoms with E-state index >= 15 is 0 Å². The fourth-order valence-electron chi connectivity index (χ4n) is 1.80. The molecule has 0 bridgehead atoms. The number of ether oxygens (including phenoxy) is 1. The predicted molar refractivity (Wildman–Crippen MR) is 55.8 cm³/mol. The maximum absolute atomic E-state index is 5.55. The zero-order valence-electron chi connectivity index (χ0n) is 8.19. The quantitative estimate of drug-likeness (QED) is 0.581. The van der Waals surface area contributed by atoms with Crippen LogP contribution < -0.4 is 11.3 Å². The highest BCUT2D eigenvalue weighted by atomic mass is 32.1. The Morgan fingerprint density at radius 3 is 3.14 bits per heavy atom. The maximum atomic E-state index is 5.55. The van der Waals surface area contributed by atoms with Gasteiger partial charge < -0.3 is 4.74 Å². The molecule has 4 nitrogen and oxygen atoms in total. The summed E-state index contributed by atoms with van der Waals surface area (Å²) < 4.78 is 5.35. The van der Waals surface area contributed by atoms with Crippen LogP contribution in [-0.4, -0.2) is 18.2 Å². The Bertz CT molecular complexity index is 296. The third-order valence-corrected chi connectivity index (χ3v) is 3.36. The summed E-state index contributed by atoms with van der Waals surface area (Å²) >= 11 is 1.66. The first-order valence-corrected chi connectivity index (χ1v) is 5.65. The highest BCUT2D eigenvalue weighted by Crippen LogP contribution is 2.28. The van der Waals surface area contributed by atoms with Gasteiger partial charge in [0.05, 0.1) is 23.4 Å². The molecule has 0 spiro atoms. The van der Waals surface area contributed by atoms with E-state index in [1.807, 2.05) is 6.92 Å². The number of nitrogens with two attached hydrogens (primary N) is 1. The lowest BCUT2D eigenvalue weighted by Gasteiger charge is -2.19. The molecule has 0 saturated carbocycles. The van der Waals surface area contributed by atoms with Crippen molar-refractivity contribution < 1.29 is 4.74 Å². The normalized spacial score (nSPS) is 24.0. The number of nitrogens with one attached hydrogen (secondary N) is 1. The molecule has 1 saturated heterocycles. The van der Waals surface area contributed by atoms with Gasteiger partial charge in [-0.15, -0.1) is 11.3 Å². The summed E-state index contributed by atoms with van der Waals surface area (Å²) in [6.07, 6.45) is 1.06. The molecule has 1 fully saturated rings. The Balaban J connectivity index is 2.12. The minimum atomic E-state index is 0.141. The highest BCUT2D eigenvalue weighted by Gasteiger charge is 2.27. The van der Waals surface area contributed by atoms with Gasteiger partial charge in [0.1, 0.15) is 0 Å². The van der Waals surface area contributed by atoms with Gasteiger partial charge in [0, 0.05) is 17.9 Å². The lowest BCUT2D eigenvalue weighted by molar-refractivity contribution is 0.176. The van der Waals surface area contributed by atoms with Gasteiger partial charge in [-0.25, -0.2) is 4.98 Å². The number of hydrogen-bond donors (Lipinski definition) is 2. The van der Waals surface area contributed by atoms with Gasteiger partial charge in [0.25, 0.3) is 0 Å². The Morgan fingerprint density at radius 2 is 2.64 bits per heavy atom. The van der Waals surface area contributed by atoms with Crippen molar-refractivity contribution in [3.05, 3.63) is 16.1 Å². The molecule has 14 heavy (non-hydrogen) atoms. The van der Waals surface area contributed by atoms with Crippen molar-refractivity contribution >= 4 is 11.3 Å². The number of hydrazine groups is 1. The van der Waals surface area contributed by atoms with Crippen molar-refractivity contribution in [2.75, 3.05) is 13.2 Å². The number of thiazole rings is 1. The fourth-order valence-corrected chi connectivity index (χ4v) is 2.45. The van der Waals surface area contributed by atoms with Crippen molar-refractivity contribution in [1.82, 2.24) is 10.4 Å². The summed E-state index contributed by atoms with van der Waals surface area (Å²) in [6, 6.07) is 0.141. The molecular weight excluding hydrogens is 198 g/mol. The minimum absolute atomic E-state index is 0.141. The number of rotatable bonds is 3. The Hall–Kier alpha value is -0.490. The third-order valence-electron chi connectivity index (χ3n) is 2.57. The van der Waals surface area contributed by atoms with Gasteiger partial charge in [-0.1, -0.05) is 0 Å². The van der Waals surface area contributed by atoms with Crippen molar-refractivity contribution in [2.45, 2.75) is 19.4 Å². The maximum Gasteiger partial charge on any atom is 0.0898 e. The smallest absolute Gasteiger partial charge is 0.0898 e. The van der Waals surface area contributed by atoms with Crippen LogP contribution in [0.3, 0.4) is 0 Å². The number of hydrogen-bond acceptors (Lipinski definition) is 5. The summed E-state index contributed by atoms with van der Waals surface area (Å²) in [4.78, 5) is 4.45. The molecular formula is C9H15N3OS. The van der Waals surface area contributed by atoms with Gasteiger partial charge in [-0.3, -0.25) is 11.3 Å². The first-order chi connectivity index (χ1) is 6.81. The summed E-state index contributed by atoms with van der Waals surface area (Å²) in [6.45, 7) is 3.63. The molecule has 0 amide bonds. The van der Waals surface area contributed by atoms with Crippen LogP contribution in [0.2, 0.25) is 0 Å². The van der Waals surface area contributed by atoms with Crippen LogP contribution in [-0.2, 0) is 4.74 Å². The molecule has 5 heteroatoms. The molecule has 1 aliphatic heterocycles. The van der Waals surface area contributed by atoms with Gasteiger partial charge in [0.15, 0.2) is 0 Å². The van der Waals surface area contributed by atoms with Gasteiger partial charge in [-0.2, -0.15) is 0 Å². The Kier molecular flexibility index (Phi) is 3.12. The molecule has 1 aliphatic rings. The van der Waals surface area contributed by atoms with E-state index in [0.29, 0.717) is 5.92 Å². The predicted octanol–water partition coefficient (Wildman–Crippen LogP) is 0.992. The first-order valence-electron chi connectivity index (χ1n) is 4.77. The standard InChI is InChI=1S/C9H15N3OS/c1-6-11-8(5-14-6)9(12-10)7-2-3-13-4-7/h5,7,9,12H,2-4,10H2,1H3. The number of aryl methyl sites for hydroxylation is 1. The van der Waals surface area contributed by atoms with Crippen LogP contribution in [0.25, 0.3) is 0 Å². The lowest BCUT2D eigenvalue weighted by atomic mass is 9.97. The van der Waals surface area contributed by atoms with Crippen LogP contribution in [0.4, 0.5) is 0 Å². The van der Waals surface area contributed by atoms with Crippen LogP contribution in [0.15, 0.2) is 5.38 Å². The molecule has 0 aliphatic carbocycles. The molecule has 0 aromatic carbocycles. The molecule has 3 N–H and O–H groups in total. The van der Waals surface area contributed by atoms with E-state index in [0.717, 1.165) is 30.3 Å². The topological polar surface area (TPSA) is 60.2 Å². The summed E-state index contributed by atoms with van der Waals surface area (Å²) in [5, 5.41) is 3.15. The van der Waals surface area contributed by atoms with Crippen LogP contribution in [0.1, 0.15) is 23.2 Å². The third kappa shape index (κ3) is 1.95. The summed E-state index contributed by atoms with van der Waals surface area (Å²) in [5.41, 5.74) is 3.88. The number of nitrogens with zero attached hydrogens (tertiary/aromatic N) is 1. The molecule has 2 atom stereocenters. The monoisotopic (exact) mass is 213 g/mol. The lowest BCUT2D eigenvalue weighted by Crippen LogP contribution is -2.34. The molecule has 0 radical (unpaired) electrons. The molecule has 2 unspecified atom stereocenters. The summed E-state index contributed by atoms with van der Waals surface area (Å²) in [7, 11) is 0. The van der Waals surface area contributed by atoms with E-state index < -0.39 is 0 Å². The summed E-state index contributed by atoms with van der Waals surface area (Å²) in [5.74, 6) is 6.01. The average Bonchev–Trinajstić information content (AvgIpc) is 2.79. The van der Waals surface area contributed by atoms with Crippen LogP contribution >= 0.6 is 11.3 Å². The zero-order chi connectivity index (χ0) is 9.97. The SMILES string of the molecule is Cc1nc(C(NN)C2CCOC2)cs1. The van der Waals surface area contributed by atoms with Gasteiger partial charge >= 0.3 is 0 Å². The van der Waals surface area contributed by atoms with E-state index in [1.165, 1.54) is 0 Å². The number of aromatic nitrogens is 1. The second-order valence-electron chi connectivity index (χ2n) is 3.56. The zero-order valence-corrected chi connectivity index (χ0v) is 9.01. The first kappa shape index (κ1) is 10.0. The van der Waals surface area contributed by atoms with Gasteiger partial charge in [0.2, 0.25) is 0 Å². The van der Waals surface area contributed by atoms with E-state index in [9.17, 15) is 0 Å². The van der Waals surface area contributed by atoms with Crippen LogP contribution in [0, 0.1) is 12.8 Å². The van der Waals surface area contributed by atoms with Crippen molar-refractivity contribution in [2.24, 2.45) is 11.8 Å². The minimum Gasteiger partial charge on any atom is -0.381 e. The molecule has 2 heterocycles. The second-order valence-corrected chi connectivity index (χ2v) is 4.62. The average molecular weight is 213 g/mol. The molecule has 2 rings (SSSR count). The Labute approximate surface area is 87.4 Å². The molecule has 78 valence electrons. The van der Waals surface area contributed by atoms with E-state index in [1.54, 1.807) is 11.3 Å². The molecule has 1 aromatic heterocycles. The Morgan fingerprint density at radius 1 is 1.79 bits per heavy atom. The fraction of sp³-hybridized carbons (Fsp3) is 0.667. The van der Waals surface area contributed by atoms with Crippen LogP contribution in [0.5, 0.6) is 0 Å². The van der Waals surface area contributed by atoms with E-state index in [4.69, 9.17) is 10.6 Å². The molecule has 1 aromatic rings. The highest BCUT2D eigenvalue weighted by molar-refractivity contribution is 7.09. The largest absolute Gasteiger partial charge is 0.381 e. The van der Waals surface area contributed by atoms with Crippen molar-refractivity contribution in [1.29, 1.82) is 0 Å². The van der Waals surface area contributed by atoms with E-state index in [2.05, 4.69) is 15.8 Å². The van der Waals surface area contributed by atoms with Crippen molar-refractivity contribution in [3.63, 3.8) is 0 Å².